The Morgan fingerprint density at radius 1 is 0.714 bits per heavy atom. The van der Waals surface area contributed by atoms with Gasteiger partial charge < -0.3 is 4.42 Å². The smallest absolute Gasteiger partial charge is 0.216 e. The van der Waals surface area contributed by atoms with Crippen molar-refractivity contribution in [3.8, 4) is 17.2 Å². The van der Waals surface area contributed by atoms with Gasteiger partial charge in [-0.3, -0.25) is 0 Å². The van der Waals surface area contributed by atoms with E-state index in [1.54, 1.807) is 12.4 Å². The average Bonchev–Trinajstić information content (AvgIpc) is 3.29. The van der Waals surface area contributed by atoms with Crippen LogP contribution in [0.3, 0.4) is 0 Å². The van der Waals surface area contributed by atoms with Gasteiger partial charge in [0.1, 0.15) is 17.0 Å². The molecule has 6 rings (SSSR count). The van der Waals surface area contributed by atoms with Crippen LogP contribution in [0.2, 0.25) is 0 Å². The highest BCUT2D eigenvalue weighted by Crippen LogP contribution is 2.37. The summed E-state index contributed by atoms with van der Waals surface area (Å²) in [7, 11) is 0. The number of benzene rings is 2. The largest absolute Gasteiger partial charge is 0.439 e. The molecule has 0 unspecified atom stereocenters. The van der Waals surface area contributed by atoms with Crippen LogP contribution in [0.15, 0.2) is 89.6 Å². The van der Waals surface area contributed by atoms with Crippen molar-refractivity contribution in [1.82, 2.24) is 19.5 Å². The van der Waals surface area contributed by atoms with Crippen LogP contribution in [0, 0.1) is 0 Å². The number of furan rings is 1. The molecule has 28 heavy (non-hydrogen) atoms. The van der Waals surface area contributed by atoms with E-state index in [9.17, 15) is 0 Å². The van der Waals surface area contributed by atoms with Crippen LogP contribution in [0.25, 0.3) is 50.3 Å². The van der Waals surface area contributed by atoms with Gasteiger partial charge in [0.2, 0.25) is 5.71 Å². The summed E-state index contributed by atoms with van der Waals surface area (Å²) in [6, 6.07) is 23.9. The van der Waals surface area contributed by atoms with Gasteiger partial charge in [0, 0.05) is 28.7 Å². The van der Waals surface area contributed by atoms with E-state index in [1.165, 1.54) is 0 Å². The second kappa shape index (κ2) is 5.76. The molecule has 0 atom stereocenters. The fourth-order valence-electron chi connectivity index (χ4n) is 3.73. The Morgan fingerprint density at radius 3 is 2.46 bits per heavy atom. The van der Waals surface area contributed by atoms with Crippen LogP contribution >= 0.6 is 0 Å². The summed E-state index contributed by atoms with van der Waals surface area (Å²) < 4.78 is 8.20. The first kappa shape index (κ1) is 15.1. The Hall–Kier alpha value is -3.99. The number of aromatic nitrogens is 4. The van der Waals surface area contributed by atoms with E-state index in [1.807, 2.05) is 65.2 Å². The normalized spacial score (nSPS) is 11.6. The first-order valence-corrected chi connectivity index (χ1v) is 9.06. The van der Waals surface area contributed by atoms with Crippen LogP contribution in [-0.2, 0) is 0 Å². The summed E-state index contributed by atoms with van der Waals surface area (Å²) in [5, 5.41) is 3.17. The molecule has 0 aliphatic heterocycles. The number of pyridine rings is 1. The lowest BCUT2D eigenvalue weighted by Crippen LogP contribution is -2.00. The van der Waals surface area contributed by atoms with Crippen LogP contribution in [0.1, 0.15) is 0 Å². The molecule has 0 saturated carbocycles. The lowest BCUT2D eigenvalue weighted by atomic mass is 10.1. The maximum Gasteiger partial charge on any atom is 0.216 e. The maximum atomic E-state index is 6.23. The van der Waals surface area contributed by atoms with Gasteiger partial charge in [-0.15, -0.1) is 0 Å². The first-order chi connectivity index (χ1) is 13.9. The lowest BCUT2D eigenvalue weighted by Gasteiger charge is -2.06. The molecule has 0 radical (unpaired) electrons. The van der Waals surface area contributed by atoms with Crippen molar-refractivity contribution >= 4 is 33.1 Å². The summed E-state index contributed by atoms with van der Waals surface area (Å²) in [6.45, 7) is 0. The zero-order valence-electron chi connectivity index (χ0n) is 14.8. The molecule has 5 nitrogen and oxygen atoms in total. The maximum absolute atomic E-state index is 6.23. The zero-order chi connectivity index (χ0) is 18.5. The van der Waals surface area contributed by atoms with Crippen molar-refractivity contribution in [2.45, 2.75) is 0 Å². The molecular weight excluding hydrogens is 348 g/mol. The Balaban J connectivity index is 1.70. The predicted molar refractivity (Wildman–Crippen MR) is 109 cm³/mol. The van der Waals surface area contributed by atoms with Gasteiger partial charge in [0.15, 0.2) is 5.82 Å². The van der Waals surface area contributed by atoms with Crippen molar-refractivity contribution in [3.05, 3.63) is 85.2 Å². The molecule has 0 saturated heterocycles. The average molecular weight is 362 g/mol. The number of hydrogen-bond acceptors (Lipinski definition) is 4. The highest BCUT2D eigenvalue weighted by Gasteiger charge is 2.20. The van der Waals surface area contributed by atoms with E-state index in [4.69, 9.17) is 9.40 Å². The standard InChI is InChI=1S/C23H14N4O/c1-2-7-15(8-3-1)21-24-14-12-19(26-21)27-22-17(10-6-13-25-22)20-16-9-4-5-11-18(16)28-23(20)27/h1-14H. The molecule has 0 aliphatic rings. The first-order valence-electron chi connectivity index (χ1n) is 9.06. The molecule has 0 amide bonds. The van der Waals surface area contributed by atoms with E-state index in [-0.39, 0.29) is 0 Å². The number of hydrogen-bond donors (Lipinski definition) is 0. The van der Waals surface area contributed by atoms with E-state index < -0.39 is 0 Å². The summed E-state index contributed by atoms with van der Waals surface area (Å²) in [4.78, 5) is 13.9. The molecule has 4 heterocycles. The van der Waals surface area contributed by atoms with Gasteiger partial charge in [-0.25, -0.2) is 19.5 Å². The molecule has 6 aromatic rings. The number of para-hydroxylation sites is 1. The summed E-state index contributed by atoms with van der Waals surface area (Å²) in [5.41, 5.74) is 3.38. The van der Waals surface area contributed by atoms with Crippen LogP contribution in [0.5, 0.6) is 0 Å². The van der Waals surface area contributed by atoms with E-state index in [2.05, 4.69) is 22.1 Å². The zero-order valence-corrected chi connectivity index (χ0v) is 14.8. The van der Waals surface area contributed by atoms with Crippen LogP contribution < -0.4 is 0 Å². The molecule has 5 heteroatoms. The Bertz CT molecular complexity index is 1460. The SMILES string of the molecule is c1ccc(-c2nccc(-n3c4ncccc4c4c5ccccc5oc43)n2)cc1. The third kappa shape index (κ3) is 2.10. The van der Waals surface area contributed by atoms with Gasteiger partial charge in [0.25, 0.3) is 0 Å². The van der Waals surface area contributed by atoms with E-state index in [0.717, 1.165) is 44.5 Å². The predicted octanol–water partition coefficient (Wildman–Crippen LogP) is 5.38. The van der Waals surface area contributed by atoms with Gasteiger partial charge >= 0.3 is 0 Å². The molecule has 0 bridgehead atoms. The van der Waals surface area contributed by atoms with Gasteiger partial charge in [0.05, 0.1) is 5.39 Å². The lowest BCUT2D eigenvalue weighted by molar-refractivity contribution is 0.643. The second-order valence-electron chi connectivity index (χ2n) is 6.59. The molecule has 2 aromatic carbocycles. The minimum atomic E-state index is 0.667. The third-order valence-electron chi connectivity index (χ3n) is 4.95. The molecule has 0 fully saturated rings. The van der Waals surface area contributed by atoms with Crippen molar-refractivity contribution in [2.75, 3.05) is 0 Å². The van der Waals surface area contributed by atoms with Gasteiger partial charge in [-0.1, -0.05) is 48.5 Å². The molecular formula is C23H14N4O. The number of fused-ring (bicyclic) bond motifs is 5. The number of rotatable bonds is 2. The fraction of sp³-hybridized carbons (Fsp3) is 0. The number of nitrogens with zero attached hydrogens (tertiary/aromatic N) is 4. The van der Waals surface area contributed by atoms with Crippen molar-refractivity contribution < 1.29 is 4.42 Å². The molecule has 0 aliphatic carbocycles. The third-order valence-corrected chi connectivity index (χ3v) is 4.95. The Labute approximate surface area is 159 Å². The van der Waals surface area contributed by atoms with E-state index >= 15 is 0 Å². The molecule has 4 aromatic heterocycles. The highest BCUT2D eigenvalue weighted by molar-refractivity contribution is 6.19. The summed E-state index contributed by atoms with van der Waals surface area (Å²) in [5.74, 6) is 1.40. The summed E-state index contributed by atoms with van der Waals surface area (Å²) in [6.07, 6.45) is 3.56. The van der Waals surface area contributed by atoms with Crippen LogP contribution in [0.4, 0.5) is 0 Å². The Morgan fingerprint density at radius 2 is 1.54 bits per heavy atom. The highest BCUT2D eigenvalue weighted by atomic mass is 16.3. The fourth-order valence-corrected chi connectivity index (χ4v) is 3.73. The molecule has 0 spiro atoms. The quantitative estimate of drug-likeness (QED) is 0.415. The minimum Gasteiger partial charge on any atom is -0.439 e. The molecule has 132 valence electrons. The van der Waals surface area contributed by atoms with E-state index in [0.29, 0.717) is 5.82 Å². The van der Waals surface area contributed by atoms with Crippen molar-refractivity contribution in [3.63, 3.8) is 0 Å². The van der Waals surface area contributed by atoms with Gasteiger partial charge in [-0.2, -0.15) is 0 Å². The topological polar surface area (TPSA) is 56.7 Å². The minimum absolute atomic E-state index is 0.667. The summed E-state index contributed by atoms with van der Waals surface area (Å²) >= 11 is 0. The Kier molecular flexibility index (Phi) is 3.10. The van der Waals surface area contributed by atoms with Crippen LogP contribution in [-0.4, -0.2) is 19.5 Å². The second-order valence-corrected chi connectivity index (χ2v) is 6.59. The van der Waals surface area contributed by atoms with Crippen molar-refractivity contribution in [1.29, 1.82) is 0 Å². The van der Waals surface area contributed by atoms with Crippen molar-refractivity contribution in [2.24, 2.45) is 0 Å². The monoisotopic (exact) mass is 362 g/mol. The molecule has 0 N–H and O–H groups in total. The van der Waals surface area contributed by atoms with Gasteiger partial charge in [-0.05, 0) is 24.3 Å².